The lowest BCUT2D eigenvalue weighted by Gasteiger charge is -2.21. The van der Waals surface area contributed by atoms with Crippen LogP contribution in [0.5, 0.6) is 0 Å². The number of rotatable bonds is 6. The summed E-state index contributed by atoms with van der Waals surface area (Å²) in [4.78, 5) is 2.91. The molecule has 0 spiro atoms. The second kappa shape index (κ2) is 5.77. The van der Waals surface area contributed by atoms with Gasteiger partial charge in [0.2, 0.25) is 0 Å². The van der Waals surface area contributed by atoms with E-state index in [0.29, 0.717) is 11.0 Å². The molecule has 1 heterocycles. The van der Waals surface area contributed by atoms with Crippen molar-refractivity contribution in [3.05, 3.63) is 59.5 Å². The van der Waals surface area contributed by atoms with Crippen molar-refractivity contribution in [2.75, 3.05) is 0 Å². The number of nitrogens with zero attached hydrogens (tertiary/aromatic N) is 1. The highest BCUT2D eigenvalue weighted by Crippen LogP contribution is 2.30. The van der Waals surface area contributed by atoms with E-state index in [1.54, 1.807) is 6.26 Å². The van der Waals surface area contributed by atoms with Crippen LogP contribution in [0.3, 0.4) is 0 Å². The van der Waals surface area contributed by atoms with E-state index in [1.807, 2.05) is 24.3 Å². The Balaban J connectivity index is 1.73. The zero-order valence-electron chi connectivity index (χ0n) is 11.3. The molecule has 1 saturated carbocycles. The third-order valence-corrected chi connectivity index (χ3v) is 3.84. The molecule has 0 bridgehead atoms. The van der Waals surface area contributed by atoms with E-state index in [2.05, 4.69) is 17.0 Å². The van der Waals surface area contributed by atoms with Gasteiger partial charge in [0.15, 0.2) is 0 Å². The second-order valence-electron chi connectivity index (χ2n) is 5.28. The lowest BCUT2D eigenvalue weighted by molar-refractivity contribution is 0.225. The first-order chi connectivity index (χ1) is 9.72. The molecule has 2 N–H and O–H groups in total. The van der Waals surface area contributed by atoms with Crippen LogP contribution < -0.4 is 5.73 Å². The fraction of sp³-hybridized carbons (Fsp3) is 0.312. The van der Waals surface area contributed by atoms with Crippen molar-refractivity contribution in [3.8, 4) is 0 Å². The van der Waals surface area contributed by atoms with Crippen LogP contribution in [0, 0.1) is 0 Å². The van der Waals surface area contributed by atoms with Gasteiger partial charge in [-0.15, -0.1) is 0 Å². The summed E-state index contributed by atoms with van der Waals surface area (Å²) in [5.41, 5.74) is 7.88. The minimum Gasteiger partial charge on any atom is -0.468 e. The highest BCUT2D eigenvalue weighted by atomic mass is 32.1. The summed E-state index contributed by atoms with van der Waals surface area (Å²) in [5, 5.41) is 0. The molecule has 1 aliphatic rings. The van der Waals surface area contributed by atoms with Crippen LogP contribution in [-0.2, 0) is 13.1 Å². The number of thiocarbonyl (C=S) groups is 1. The summed E-state index contributed by atoms with van der Waals surface area (Å²) in [6, 6.07) is 12.8. The number of nitrogens with two attached hydrogens (primary N) is 1. The molecule has 0 unspecified atom stereocenters. The Kier molecular flexibility index (Phi) is 3.85. The molecule has 4 heteroatoms. The lowest BCUT2D eigenvalue weighted by atomic mass is 10.1. The molecule has 0 radical (unpaired) electrons. The van der Waals surface area contributed by atoms with Gasteiger partial charge >= 0.3 is 0 Å². The van der Waals surface area contributed by atoms with E-state index < -0.39 is 0 Å². The molecule has 1 aromatic carbocycles. The smallest absolute Gasteiger partial charge is 0.117 e. The summed E-state index contributed by atoms with van der Waals surface area (Å²) >= 11 is 5.04. The van der Waals surface area contributed by atoms with Gasteiger partial charge in [0.05, 0.1) is 12.8 Å². The molecule has 1 fully saturated rings. The molecule has 0 atom stereocenters. The quantitative estimate of drug-likeness (QED) is 0.829. The van der Waals surface area contributed by atoms with Crippen LogP contribution in [0.2, 0.25) is 0 Å². The second-order valence-corrected chi connectivity index (χ2v) is 5.72. The largest absolute Gasteiger partial charge is 0.468 e. The summed E-state index contributed by atoms with van der Waals surface area (Å²) in [6.45, 7) is 1.76. The van der Waals surface area contributed by atoms with Crippen molar-refractivity contribution >= 4 is 17.2 Å². The van der Waals surface area contributed by atoms with E-state index in [9.17, 15) is 0 Å². The summed E-state index contributed by atoms with van der Waals surface area (Å²) in [5.74, 6) is 1.02. The third-order valence-electron chi connectivity index (χ3n) is 3.60. The highest BCUT2D eigenvalue weighted by molar-refractivity contribution is 7.80. The van der Waals surface area contributed by atoms with Crippen molar-refractivity contribution in [3.63, 3.8) is 0 Å². The Hall–Kier alpha value is -1.65. The van der Waals surface area contributed by atoms with Gasteiger partial charge in [0, 0.05) is 18.2 Å². The van der Waals surface area contributed by atoms with Gasteiger partial charge in [-0.3, -0.25) is 4.90 Å². The van der Waals surface area contributed by atoms with Crippen molar-refractivity contribution < 1.29 is 4.42 Å². The molecule has 0 aliphatic heterocycles. The first-order valence-electron chi connectivity index (χ1n) is 6.87. The molecule has 1 aliphatic carbocycles. The van der Waals surface area contributed by atoms with Crippen molar-refractivity contribution in [2.24, 2.45) is 5.73 Å². The zero-order valence-corrected chi connectivity index (χ0v) is 12.1. The Morgan fingerprint density at radius 2 is 2.10 bits per heavy atom. The fourth-order valence-corrected chi connectivity index (χ4v) is 2.54. The lowest BCUT2D eigenvalue weighted by Crippen LogP contribution is -2.25. The maximum absolute atomic E-state index is 5.70. The van der Waals surface area contributed by atoms with Crippen LogP contribution in [0.4, 0.5) is 0 Å². The summed E-state index contributed by atoms with van der Waals surface area (Å²) in [7, 11) is 0. The average Bonchev–Trinajstić information content (AvgIpc) is 3.17. The normalized spacial score (nSPS) is 14.7. The molecule has 20 heavy (non-hydrogen) atoms. The Labute approximate surface area is 124 Å². The topological polar surface area (TPSA) is 42.4 Å². The van der Waals surface area contributed by atoms with Crippen LogP contribution in [0.1, 0.15) is 29.7 Å². The van der Waals surface area contributed by atoms with Crippen LogP contribution >= 0.6 is 12.2 Å². The summed E-state index contributed by atoms with van der Waals surface area (Å²) < 4.78 is 5.46. The molecule has 2 aromatic rings. The van der Waals surface area contributed by atoms with Gasteiger partial charge in [-0.1, -0.05) is 30.4 Å². The standard InChI is InChI=1S/C16H18N2OS/c17-16(20)13-4-1-3-12(9-13)10-18(14-6-7-14)11-15-5-2-8-19-15/h1-5,8-9,14H,6-7,10-11H2,(H2,17,20). The third kappa shape index (κ3) is 3.26. The molecular weight excluding hydrogens is 268 g/mol. The Morgan fingerprint density at radius 3 is 2.75 bits per heavy atom. The van der Waals surface area contributed by atoms with E-state index >= 15 is 0 Å². The molecule has 3 nitrogen and oxygen atoms in total. The van der Waals surface area contributed by atoms with E-state index in [-0.39, 0.29) is 0 Å². The minimum atomic E-state index is 0.454. The average molecular weight is 286 g/mol. The first-order valence-corrected chi connectivity index (χ1v) is 7.28. The summed E-state index contributed by atoms with van der Waals surface area (Å²) in [6.07, 6.45) is 4.28. The monoisotopic (exact) mass is 286 g/mol. The van der Waals surface area contributed by atoms with Gasteiger partial charge < -0.3 is 10.2 Å². The van der Waals surface area contributed by atoms with E-state index in [4.69, 9.17) is 22.4 Å². The minimum absolute atomic E-state index is 0.454. The Bertz CT molecular complexity index is 590. The molecule has 0 amide bonds. The SMILES string of the molecule is NC(=S)c1cccc(CN(Cc2ccco2)C2CC2)c1. The molecule has 0 saturated heterocycles. The first kappa shape index (κ1) is 13.3. The van der Waals surface area contributed by atoms with Gasteiger partial charge in [0.1, 0.15) is 10.7 Å². The maximum Gasteiger partial charge on any atom is 0.117 e. The zero-order chi connectivity index (χ0) is 13.9. The predicted octanol–water partition coefficient (Wildman–Crippen LogP) is 3.08. The van der Waals surface area contributed by atoms with Crippen LogP contribution in [0.15, 0.2) is 47.1 Å². The van der Waals surface area contributed by atoms with Crippen LogP contribution in [0.25, 0.3) is 0 Å². The fourth-order valence-electron chi connectivity index (χ4n) is 2.41. The number of furan rings is 1. The Morgan fingerprint density at radius 1 is 1.25 bits per heavy atom. The number of hydrogen-bond donors (Lipinski definition) is 1. The number of benzene rings is 1. The molecular formula is C16H18N2OS. The molecule has 1 aromatic heterocycles. The van der Waals surface area contributed by atoms with Gasteiger partial charge in [-0.25, -0.2) is 0 Å². The molecule has 3 rings (SSSR count). The van der Waals surface area contributed by atoms with Gasteiger partial charge in [-0.2, -0.15) is 0 Å². The van der Waals surface area contributed by atoms with Gasteiger partial charge in [0.25, 0.3) is 0 Å². The van der Waals surface area contributed by atoms with Crippen molar-refractivity contribution in [2.45, 2.75) is 32.0 Å². The predicted molar refractivity (Wildman–Crippen MR) is 83.3 cm³/mol. The maximum atomic E-state index is 5.70. The van der Waals surface area contributed by atoms with E-state index in [0.717, 1.165) is 24.4 Å². The van der Waals surface area contributed by atoms with Crippen LogP contribution in [-0.4, -0.2) is 15.9 Å². The van der Waals surface area contributed by atoms with E-state index in [1.165, 1.54) is 18.4 Å². The number of hydrogen-bond acceptors (Lipinski definition) is 3. The van der Waals surface area contributed by atoms with Crippen molar-refractivity contribution in [1.29, 1.82) is 0 Å². The molecule has 104 valence electrons. The highest BCUT2D eigenvalue weighted by Gasteiger charge is 2.29. The van der Waals surface area contributed by atoms with Crippen molar-refractivity contribution in [1.82, 2.24) is 4.90 Å². The van der Waals surface area contributed by atoms with Gasteiger partial charge in [-0.05, 0) is 36.6 Å².